The summed E-state index contributed by atoms with van der Waals surface area (Å²) in [6.07, 6.45) is 2.61. The highest BCUT2D eigenvalue weighted by molar-refractivity contribution is 6.04. The lowest BCUT2D eigenvalue weighted by atomic mass is 10.1. The van der Waals surface area contributed by atoms with Crippen LogP contribution < -0.4 is 11.0 Å². The summed E-state index contributed by atoms with van der Waals surface area (Å²) in [4.78, 5) is 24.9. The fourth-order valence-corrected chi connectivity index (χ4v) is 3.18. The Morgan fingerprint density at radius 2 is 2.07 bits per heavy atom. The van der Waals surface area contributed by atoms with Crippen LogP contribution in [0.1, 0.15) is 48.2 Å². The molecule has 2 atom stereocenters. The second kappa shape index (κ2) is 6.83. The first kappa shape index (κ1) is 17.2. The Bertz CT molecular complexity index is 1100. The smallest absolute Gasteiger partial charge is 0.292 e. The number of hydrazone groups is 1. The van der Waals surface area contributed by atoms with Gasteiger partial charge in [-0.3, -0.25) is 9.59 Å². The first-order valence-corrected chi connectivity index (χ1v) is 9.01. The van der Waals surface area contributed by atoms with E-state index in [1.807, 2.05) is 12.1 Å². The van der Waals surface area contributed by atoms with Gasteiger partial charge in [0.25, 0.3) is 11.5 Å². The predicted octanol–water partition coefficient (Wildman–Crippen LogP) is 2.90. The summed E-state index contributed by atoms with van der Waals surface area (Å²) in [6, 6.07) is 10.7. The van der Waals surface area contributed by atoms with Crippen LogP contribution in [0.3, 0.4) is 0 Å². The van der Waals surface area contributed by atoms with E-state index in [2.05, 4.69) is 22.5 Å². The minimum Gasteiger partial charge on any atom is -0.460 e. The van der Waals surface area contributed by atoms with E-state index in [0.717, 1.165) is 12.2 Å². The molecule has 2 heterocycles. The number of carbonyl (C=O) groups excluding carboxylic acids is 1. The molecule has 1 N–H and O–H groups in total. The Balaban J connectivity index is 1.55. The van der Waals surface area contributed by atoms with Crippen molar-refractivity contribution in [3.05, 3.63) is 64.0 Å². The fraction of sp³-hybridized carbons (Fsp3) is 0.300. The predicted molar refractivity (Wildman–Crippen MR) is 102 cm³/mol. The van der Waals surface area contributed by atoms with Gasteiger partial charge in [0.05, 0.1) is 11.6 Å². The summed E-state index contributed by atoms with van der Waals surface area (Å²) in [5, 5.41) is 9.11. The quantitative estimate of drug-likeness (QED) is 0.557. The third kappa shape index (κ3) is 3.28. The van der Waals surface area contributed by atoms with Gasteiger partial charge in [-0.25, -0.2) is 10.1 Å². The Labute approximate surface area is 155 Å². The van der Waals surface area contributed by atoms with Crippen LogP contribution in [0.5, 0.6) is 0 Å². The average molecular weight is 364 g/mol. The largest absolute Gasteiger partial charge is 0.460 e. The first-order valence-electron chi connectivity index (χ1n) is 9.01. The zero-order valence-electron chi connectivity index (χ0n) is 15.2. The molecule has 3 aromatic rings. The van der Waals surface area contributed by atoms with E-state index in [4.69, 9.17) is 4.42 Å². The summed E-state index contributed by atoms with van der Waals surface area (Å²) in [6.45, 7) is 4.37. The minimum atomic E-state index is -0.479. The third-order valence-corrected chi connectivity index (χ3v) is 4.86. The molecule has 1 aliphatic rings. The van der Waals surface area contributed by atoms with E-state index in [-0.39, 0.29) is 11.3 Å². The molecule has 1 aromatic carbocycles. The molecule has 4 rings (SSSR count). The van der Waals surface area contributed by atoms with E-state index < -0.39 is 5.91 Å². The van der Waals surface area contributed by atoms with Gasteiger partial charge in [-0.15, -0.1) is 0 Å². The molecule has 1 aliphatic carbocycles. The molecule has 0 unspecified atom stereocenters. The van der Waals surface area contributed by atoms with Crippen LogP contribution in [0.25, 0.3) is 10.8 Å². The number of benzene rings is 1. The van der Waals surface area contributed by atoms with Crippen LogP contribution >= 0.6 is 0 Å². The number of amides is 1. The van der Waals surface area contributed by atoms with Gasteiger partial charge in [0.1, 0.15) is 11.5 Å². The number of nitrogens with one attached hydrogen (secondary N) is 1. The number of hydrogen-bond acceptors (Lipinski definition) is 5. The fourth-order valence-electron chi connectivity index (χ4n) is 3.18. The Morgan fingerprint density at radius 1 is 1.33 bits per heavy atom. The summed E-state index contributed by atoms with van der Waals surface area (Å²) in [5.74, 6) is 2.22. The molecular formula is C20H20N4O3. The van der Waals surface area contributed by atoms with Gasteiger partial charge in [0, 0.05) is 17.8 Å². The van der Waals surface area contributed by atoms with E-state index in [0.29, 0.717) is 34.9 Å². The van der Waals surface area contributed by atoms with Crippen molar-refractivity contribution < 1.29 is 9.21 Å². The lowest BCUT2D eigenvalue weighted by Gasteiger charge is -2.08. The van der Waals surface area contributed by atoms with Crippen LogP contribution in [-0.4, -0.2) is 21.9 Å². The topological polar surface area (TPSA) is 89.5 Å². The zero-order valence-corrected chi connectivity index (χ0v) is 15.2. The number of furan rings is 1. The number of nitrogens with zero attached hydrogens (tertiary/aromatic N) is 3. The normalized spacial score (nSPS) is 18.9. The summed E-state index contributed by atoms with van der Waals surface area (Å²) in [5.41, 5.74) is 2.41. The molecule has 1 amide bonds. The maximum atomic E-state index is 12.6. The van der Waals surface area contributed by atoms with Crippen LogP contribution in [0.4, 0.5) is 0 Å². The van der Waals surface area contributed by atoms with Gasteiger partial charge < -0.3 is 4.42 Å². The van der Waals surface area contributed by atoms with E-state index >= 15 is 0 Å². The van der Waals surface area contributed by atoms with Crippen molar-refractivity contribution in [2.45, 2.75) is 32.7 Å². The summed E-state index contributed by atoms with van der Waals surface area (Å²) in [7, 11) is 0. The maximum Gasteiger partial charge on any atom is 0.292 e. The number of aromatic nitrogens is 2. The Hall–Kier alpha value is -3.22. The molecule has 0 spiro atoms. The highest BCUT2D eigenvalue weighted by atomic mass is 16.3. The summed E-state index contributed by atoms with van der Waals surface area (Å²) < 4.78 is 7.00. The van der Waals surface area contributed by atoms with Gasteiger partial charge in [-0.1, -0.05) is 25.1 Å². The standard InChI is InChI=1S/C20H20N4O3/c1-3-24-20(26)15-7-5-4-6-14(15)18(23-24)19(25)22-21-11-13-8-9-17(27-13)16-10-12(16)2/h4-9,11-12,16H,3,10H2,1-2H3,(H,22,25)/b21-11-/t12-,16+/m1/s1. The lowest BCUT2D eigenvalue weighted by Crippen LogP contribution is -2.28. The highest BCUT2D eigenvalue weighted by Gasteiger charge is 2.36. The molecule has 1 saturated carbocycles. The van der Waals surface area contributed by atoms with Crippen molar-refractivity contribution in [3.8, 4) is 0 Å². The molecule has 0 aliphatic heterocycles. The minimum absolute atomic E-state index is 0.163. The number of carbonyl (C=O) groups is 1. The molecule has 7 nitrogen and oxygen atoms in total. The molecule has 0 radical (unpaired) electrons. The van der Waals surface area contributed by atoms with Gasteiger partial charge >= 0.3 is 0 Å². The van der Waals surface area contributed by atoms with E-state index in [9.17, 15) is 9.59 Å². The monoisotopic (exact) mass is 364 g/mol. The Kier molecular flexibility index (Phi) is 4.35. The number of aryl methyl sites for hydroxylation is 1. The van der Waals surface area contributed by atoms with Crippen LogP contribution in [-0.2, 0) is 6.54 Å². The van der Waals surface area contributed by atoms with E-state index in [1.54, 1.807) is 31.2 Å². The molecule has 138 valence electrons. The number of fused-ring (bicyclic) bond motifs is 1. The second-order valence-electron chi connectivity index (χ2n) is 6.77. The van der Waals surface area contributed by atoms with Crippen molar-refractivity contribution in [3.63, 3.8) is 0 Å². The summed E-state index contributed by atoms with van der Waals surface area (Å²) >= 11 is 0. The maximum absolute atomic E-state index is 12.6. The van der Waals surface area contributed by atoms with Gasteiger partial charge in [0.15, 0.2) is 5.69 Å². The van der Waals surface area contributed by atoms with Crippen molar-refractivity contribution in [1.29, 1.82) is 0 Å². The van der Waals surface area contributed by atoms with E-state index in [1.165, 1.54) is 10.9 Å². The second-order valence-corrected chi connectivity index (χ2v) is 6.77. The molecule has 1 fully saturated rings. The number of hydrogen-bond donors (Lipinski definition) is 1. The van der Waals surface area contributed by atoms with Crippen molar-refractivity contribution in [2.24, 2.45) is 11.0 Å². The number of rotatable bonds is 5. The SMILES string of the molecule is CCn1nc(C(=O)N/N=C\c2ccc([C@H]3C[C@H]3C)o2)c2ccccc2c1=O. The molecule has 2 aromatic heterocycles. The highest BCUT2D eigenvalue weighted by Crippen LogP contribution is 2.47. The van der Waals surface area contributed by atoms with Gasteiger partial charge in [-0.2, -0.15) is 10.2 Å². The van der Waals surface area contributed by atoms with Gasteiger partial charge in [-0.05, 0) is 37.5 Å². The molecule has 0 bridgehead atoms. The van der Waals surface area contributed by atoms with Gasteiger partial charge in [0.2, 0.25) is 0 Å². The van der Waals surface area contributed by atoms with Crippen molar-refractivity contribution >= 4 is 22.9 Å². The molecule has 7 heteroatoms. The van der Waals surface area contributed by atoms with Crippen LogP contribution in [0.15, 0.2) is 50.7 Å². The molecule has 0 saturated heterocycles. The average Bonchev–Trinajstić information content (AvgIpc) is 3.22. The first-order chi connectivity index (χ1) is 13.1. The van der Waals surface area contributed by atoms with Crippen LogP contribution in [0.2, 0.25) is 0 Å². The molecular weight excluding hydrogens is 344 g/mol. The molecule has 27 heavy (non-hydrogen) atoms. The lowest BCUT2D eigenvalue weighted by molar-refractivity contribution is 0.0949. The third-order valence-electron chi connectivity index (χ3n) is 4.86. The Morgan fingerprint density at radius 3 is 2.78 bits per heavy atom. The van der Waals surface area contributed by atoms with Crippen molar-refractivity contribution in [2.75, 3.05) is 0 Å². The zero-order chi connectivity index (χ0) is 19.0. The van der Waals surface area contributed by atoms with Crippen LogP contribution in [0, 0.1) is 5.92 Å². The van der Waals surface area contributed by atoms with Crippen molar-refractivity contribution in [1.82, 2.24) is 15.2 Å².